The molecule has 0 saturated carbocycles. The average molecular weight is 282 g/mol. The van der Waals surface area contributed by atoms with Gasteiger partial charge in [-0.15, -0.1) is 0 Å². The van der Waals surface area contributed by atoms with Gasteiger partial charge in [-0.1, -0.05) is 11.6 Å². The highest BCUT2D eigenvalue weighted by molar-refractivity contribution is 6.30. The minimum absolute atomic E-state index is 0.107. The molecule has 0 bridgehead atoms. The summed E-state index contributed by atoms with van der Waals surface area (Å²) in [5.41, 5.74) is 0.973. The molecule has 2 rings (SSSR count). The standard InChI is InChI=1S/C12H16ClN5O/c1-3-17-7-10(5-15-17)4-14-12(19)9(2)18-8-11(13)6-16-18/h5-9H,3-4H2,1-2H3,(H,14,19). The van der Waals surface area contributed by atoms with E-state index >= 15 is 0 Å². The summed E-state index contributed by atoms with van der Waals surface area (Å²) < 4.78 is 3.35. The Hall–Kier alpha value is -1.82. The van der Waals surface area contributed by atoms with Gasteiger partial charge in [-0.2, -0.15) is 10.2 Å². The van der Waals surface area contributed by atoms with E-state index in [1.54, 1.807) is 19.3 Å². The first-order chi connectivity index (χ1) is 9.10. The normalized spacial score (nSPS) is 12.4. The van der Waals surface area contributed by atoms with Gasteiger partial charge in [0.05, 0.1) is 17.4 Å². The third kappa shape index (κ3) is 3.35. The second kappa shape index (κ2) is 5.88. The first kappa shape index (κ1) is 13.6. The predicted molar refractivity (Wildman–Crippen MR) is 71.7 cm³/mol. The molecule has 0 fully saturated rings. The minimum atomic E-state index is -0.395. The van der Waals surface area contributed by atoms with E-state index in [0.29, 0.717) is 11.6 Å². The molecule has 1 atom stereocenters. The summed E-state index contributed by atoms with van der Waals surface area (Å²) in [5.74, 6) is -0.107. The van der Waals surface area contributed by atoms with E-state index in [1.165, 1.54) is 10.9 Å². The zero-order valence-corrected chi connectivity index (χ0v) is 11.6. The summed E-state index contributed by atoms with van der Waals surface area (Å²) in [6, 6.07) is -0.395. The van der Waals surface area contributed by atoms with Crippen molar-refractivity contribution in [2.24, 2.45) is 0 Å². The fourth-order valence-corrected chi connectivity index (χ4v) is 1.80. The van der Waals surface area contributed by atoms with Crippen molar-refractivity contribution in [1.29, 1.82) is 0 Å². The van der Waals surface area contributed by atoms with E-state index in [1.807, 2.05) is 17.8 Å². The minimum Gasteiger partial charge on any atom is -0.350 e. The monoisotopic (exact) mass is 281 g/mol. The van der Waals surface area contributed by atoms with Crippen LogP contribution in [0.1, 0.15) is 25.5 Å². The van der Waals surface area contributed by atoms with E-state index in [2.05, 4.69) is 15.5 Å². The van der Waals surface area contributed by atoms with Crippen molar-refractivity contribution in [3.05, 3.63) is 35.4 Å². The molecule has 2 aromatic rings. The van der Waals surface area contributed by atoms with Crippen molar-refractivity contribution in [3.8, 4) is 0 Å². The highest BCUT2D eigenvalue weighted by Gasteiger charge is 2.15. The molecule has 0 aliphatic rings. The van der Waals surface area contributed by atoms with Crippen LogP contribution in [-0.2, 0) is 17.9 Å². The van der Waals surface area contributed by atoms with Crippen LogP contribution in [0.25, 0.3) is 0 Å². The van der Waals surface area contributed by atoms with Crippen LogP contribution in [0, 0.1) is 0 Å². The molecule has 102 valence electrons. The van der Waals surface area contributed by atoms with Crippen LogP contribution in [0.2, 0.25) is 5.02 Å². The summed E-state index contributed by atoms with van der Waals surface area (Å²) in [6.07, 6.45) is 6.80. The molecule has 0 aromatic carbocycles. The number of nitrogens with zero attached hydrogens (tertiary/aromatic N) is 4. The summed E-state index contributed by atoms with van der Waals surface area (Å²) in [4.78, 5) is 12.0. The molecule has 1 unspecified atom stereocenters. The van der Waals surface area contributed by atoms with E-state index in [4.69, 9.17) is 11.6 Å². The highest BCUT2D eigenvalue weighted by Crippen LogP contribution is 2.11. The van der Waals surface area contributed by atoms with Crippen molar-refractivity contribution in [3.63, 3.8) is 0 Å². The molecule has 7 heteroatoms. The molecule has 2 aromatic heterocycles. The van der Waals surface area contributed by atoms with Crippen LogP contribution in [0.3, 0.4) is 0 Å². The van der Waals surface area contributed by atoms with Crippen LogP contribution in [0.4, 0.5) is 0 Å². The number of aryl methyl sites for hydroxylation is 1. The second-order valence-electron chi connectivity index (χ2n) is 4.24. The molecule has 0 aliphatic carbocycles. The first-order valence-electron chi connectivity index (χ1n) is 6.09. The molecular formula is C12H16ClN5O. The van der Waals surface area contributed by atoms with Gasteiger partial charge in [0.15, 0.2) is 0 Å². The Kier molecular flexibility index (Phi) is 4.21. The lowest BCUT2D eigenvalue weighted by Gasteiger charge is -2.11. The largest absolute Gasteiger partial charge is 0.350 e. The lowest BCUT2D eigenvalue weighted by Crippen LogP contribution is -2.30. The smallest absolute Gasteiger partial charge is 0.244 e. The molecule has 2 heterocycles. The number of hydrogen-bond acceptors (Lipinski definition) is 3. The lowest BCUT2D eigenvalue weighted by atomic mass is 10.3. The summed E-state index contributed by atoms with van der Waals surface area (Å²) in [5, 5.41) is 11.5. The third-order valence-corrected chi connectivity index (χ3v) is 3.02. The Balaban J connectivity index is 1.90. The van der Waals surface area contributed by atoms with Gasteiger partial charge in [-0.05, 0) is 13.8 Å². The molecular weight excluding hydrogens is 266 g/mol. The summed E-state index contributed by atoms with van der Waals surface area (Å²) in [6.45, 7) is 5.06. The quantitative estimate of drug-likeness (QED) is 0.906. The number of nitrogens with one attached hydrogen (secondary N) is 1. The van der Waals surface area contributed by atoms with E-state index in [9.17, 15) is 4.79 Å². The van der Waals surface area contributed by atoms with Crippen LogP contribution in [0.15, 0.2) is 24.8 Å². The molecule has 1 amide bonds. The number of halogens is 1. The Bertz CT molecular complexity index is 562. The number of aromatic nitrogens is 4. The lowest BCUT2D eigenvalue weighted by molar-refractivity contribution is -0.124. The van der Waals surface area contributed by atoms with Crippen LogP contribution in [0.5, 0.6) is 0 Å². The maximum Gasteiger partial charge on any atom is 0.244 e. The molecule has 0 spiro atoms. The maximum absolute atomic E-state index is 12.0. The van der Waals surface area contributed by atoms with Gasteiger partial charge < -0.3 is 5.32 Å². The van der Waals surface area contributed by atoms with Gasteiger partial charge in [0.25, 0.3) is 0 Å². The van der Waals surface area contributed by atoms with E-state index in [-0.39, 0.29) is 5.91 Å². The fourth-order valence-electron chi connectivity index (χ4n) is 1.65. The van der Waals surface area contributed by atoms with Gasteiger partial charge in [-0.3, -0.25) is 14.2 Å². The van der Waals surface area contributed by atoms with Gasteiger partial charge >= 0.3 is 0 Å². The predicted octanol–water partition coefficient (Wildman–Crippen LogP) is 1.63. The molecule has 6 nitrogen and oxygen atoms in total. The first-order valence-corrected chi connectivity index (χ1v) is 6.46. The Morgan fingerprint density at radius 3 is 2.79 bits per heavy atom. The van der Waals surface area contributed by atoms with E-state index < -0.39 is 6.04 Å². The molecule has 0 radical (unpaired) electrons. The summed E-state index contributed by atoms with van der Waals surface area (Å²) >= 11 is 5.77. The highest BCUT2D eigenvalue weighted by atomic mass is 35.5. The van der Waals surface area contributed by atoms with Crippen molar-refractivity contribution in [2.75, 3.05) is 0 Å². The molecule has 1 N–H and O–H groups in total. The van der Waals surface area contributed by atoms with Crippen molar-refractivity contribution in [2.45, 2.75) is 33.0 Å². The fraction of sp³-hybridized carbons (Fsp3) is 0.417. The van der Waals surface area contributed by atoms with E-state index in [0.717, 1.165) is 12.1 Å². The van der Waals surface area contributed by atoms with Crippen molar-refractivity contribution < 1.29 is 4.79 Å². The molecule has 19 heavy (non-hydrogen) atoms. The number of amides is 1. The Morgan fingerprint density at radius 2 is 2.21 bits per heavy atom. The maximum atomic E-state index is 12.0. The molecule has 0 aliphatic heterocycles. The topological polar surface area (TPSA) is 64.7 Å². The second-order valence-corrected chi connectivity index (χ2v) is 4.67. The number of hydrogen-bond donors (Lipinski definition) is 1. The van der Waals surface area contributed by atoms with Gasteiger partial charge in [-0.25, -0.2) is 0 Å². The van der Waals surface area contributed by atoms with Crippen LogP contribution < -0.4 is 5.32 Å². The molecule has 0 saturated heterocycles. The van der Waals surface area contributed by atoms with Crippen molar-refractivity contribution in [1.82, 2.24) is 24.9 Å². The zero-order valence-electron chi connectivity index (χ0n) is 10.9. The number of rotatable bonds is 5. The van der Waals surface area contributed by atoms with Crippen LogP contribution >= 0.6 is 11.6 Å². The Morgan fingerprint density at radius 1 is 1.42 bits per heavy atom. The zero-order chi connectivity index (χ0) is 13.8. The SMILES string of the molecule is CCn1cc(CNC(=O)C(C)n2cc(Cl)cn2)cn1. The number of carbonyl (C=O) groups is 1. The Labute approximate surface area is 116 Å². The average Bonchev–Trinajstić information content (AvgIpc) is 3.03. The van der Waals surface area contributed by atoms with Crippen LogP contribution in [-0.4, -0.2) is 25.5 Å². The summed E-state index contributed by atoms with van der Waals surface area (Å²) in [7, 11) is 0. The third-order valence-electron chi connectivity index (χ3n) is 2.82. The van der Waals surface area contributed by atoms with Gasteiger partial charge in [0, 0.05) is 31.0 Å². The van der Waals surface area contributed by atoms with Gasteiger partial charge in [0.1, 0.15) is 6.04 Å². The van der Waals surface area contributed by atoms with Crippen molar-refractivity contribution >= 4 is 17.5 Å². The number of carbonyl (C=O) groups excluding carboxylic acids is 1. The van der Waals surface area contributed by atoms with Gasteiger partial charge in [0.2, 0.25) is 5.91 Å².